The minimum absolute atomic E-state index is 0.495. The maximum absolute atomic E-state index is 10.5. The van der Waals surface area contributed by atoms with Crippen molar-refractivity contribution in [1.82, 2.24) is 4.90 Å². The highest BCUT2D eigenvalue weighted by Gasteiger charge is 2.23. The molecule has 0 saturated carbocycles. The summed E-state index contributed by atoms with van der Waals surface area (Å²) in [6.07, 6.45) is 0. The lowest BCUT2D eigenvalue weighted by Crippen LogP contribution is -2.43. The van der Waals surface area contributed by atoms with Gasteiger partial charge in [0.2, 0.25) is 0 Å². The Morgan fingerprint density at radius 2 is 2.07 bits per heavy atom. The van der Waals surface area contributed by atoms with Crippen LogP contribution in [0.15, 0.2) is 5.34 Å². The van der Waals surface area contributed by atoms with Crippen molar-refractivity contribution in [3.8, 4) is 0 Å². The molecule has 0 fully saturated rings. The summed E-state index contributed by atoms with van der Waals surface area (Å²) in [6, 6.07) is -1.09. The van der Waals surface area contributed by atoms with E-state index >= 15 is 0 Å². The lowest BCUT2D eigenvalue weighted by atomic mass is 10.3. The van der Waals surface area contributed by atoms with Crippen LogP contribution >= 0.6 is 0 Å². The first-order valence-corrected chi connectivity index (χ1v) is 3.79. The SMILES string of the molecule is C[C@H](C(=O)O)N(COON=O)CC(=O)O. The van der Waals surface area contributed by atoms with Gasteiger partial charge in [-0.3, -0.25) is 14.5 Å². The summed E-state index contributed by atoms with van der Waals surface area (Å²) in [5.41, 5.74) is 0. The number of hydrogen-bond acceptors (Lipinski definition) is 7. The van der Waals surface area contributed by atoms with E-state index in [9.17, 15) is 14.5 Å². The molecule has 0 heterocycles. The molecule has 0 amide bonds. The van der Waals surface area contributed by atoms with Crippen molar-refractivity contribution in [1.29, 1.82) is 0 Å². The molecule has 0 aromatic carbocycles. The largest absolute Gasteiger partial charge is 0.480 e. The van der Waals surface area contributed by atoms with Crippen molar-refractivity contribution in [3.63, 3.8) is 0 Å². The van der Waals surface area contributed by atoms with E-state index in [1.54, 1.807) is 0 Å². The summed E-state index contributed by atoms with van der Waals surface area (Å²) in [4.78, 5) is 39.0. The van der Waals surface area contributed by atoms with Gasteiger partial charge in [-0.15, -0.1) is 9.79 Å². The molecule has 0 rings (SSSR count). The maximum atomic E-state index is 10.5. The molecule has 9 nitrogen and oxygen atoms in total. The molecular formula is C6H10N2O7. The molecule has 15 heavy (non-hydrogen) atoms. The van der Waals surface area contributed by atoms with Gasteiger partial charge in [-0.1, -0.05) is 0 Å². The summed E-state index contributed by atoms with van der Waals surface area (Å²) >= 11 is 0. The van der Waals surface area contributed by atoms with E-state index in [1.165, 1.54) is 6.92 Å². The smallest absolute Gasteiger partial charge is 0.320 e. The van der Waals surface area contributed by atoms with E-state index in [1.807, 2.05) is 5.34 Å². The van der Waals surface area contributed by atoms with Crippen LogP contribution in [0.2, 0.25) is 0 Å². The van der Waals surface area contributed by atoms with Crippen molar-refractivity contribution < 1.29 is 29.7 Å². The van der Waals surface area contributed by atoms with E-state index in [2.05, 4.69) is 9.88 Å². The van der Waals surface area contributed by atoms with Crippen LogP contribution in [-0.4, -0.2) is 46.4 Å². The number of rotatable bonds is 8. The van der Waals surface area contributed by atoms with E-state index < -0.39 is 31.3 Å². The summed E-state index contributed by atoms with van der Waals surface area (Å²) < 4.78 is 0. The summed E-state index contributed by atoms with van der Waals surface area (Å²) in [6.45, 7) is 0.212. The fourth-order valence-electron chi connectivity index (χ4n) is 0.737. The Morgan fingerprint density at radius 1 is 1.47 bits per heavy atom. The normalized spacial score (nSPS) is 12.1. The fraction of sp³-hybridized carbons (Fsp3) is 0.667. The van der Waals surface area contributed by atoms with E-state index in [-0.39, 0.29) is 0 Å². The van der Waals surface area contributed by atoms with Crippen LogP contribution in [0.4, 0.5) is 0 Å². The topological polar surface area (TPSA) is 126 Å². The van der Waals surface area contributed by atoms with Crippen LogP contribution < -0.4 is 0 Å². The van der Waals surface area contributed by atoms with Gasteiger partial charge in [0.15, 0.2) is 12.1 Å². The van der Waals surface area contributed by atoms with Gasteiger partial charge in [-0.25, -0.2) is 0 Å². The Kier molecular flexibility index (Phi) is 5.90. The van der Waals surface area contributed by atoms with Crippen LogP contribution in [-0.2, 0) is 19.5 Å². The zero-order valence-corrected chi connectivity index (χ0v) is 7.82. The molecule has 0 aromatic rings. The standard InChI is InChI=1S/C6H10N2O7/c1-4(6(11)12)8(2-5(9)10)3-14-15-7-13/h4H,2-3H2,1H3,(H,9,10)(H,11,12)/t4-/m1/s1. The van der Waals surface area contributed by atoms with Gasteiger partial charge in [0.25, 0.3) is 0 Å². The highest BCUT2D eigenvalue weighted by atomic mass is 17.3. The molecule has 0 aromatic heterocycles. The first-order valence-electron chi connectivity index (χ1n) is 3.79. The Labute approximate surface area is 84.0 Å². The van der Waals surface area contributed by atoms with Gasteiger partial charge >= 0.3 is 11.9 Å². The quantitative estimate of drug-likeness (QED) is 0.184. The second-order valence-electron chi connectivity index (χ2n) is 2.55. The van der Waals surface area contributed by atoms with Crippen LogP contribution in [0.3, 0.4) is 0 Å². The van der Waals surface area contributed by atoms with Gasteiger partial charge in [0.05, 0.1) is 6.54 Å². The molecule has 9 heteroatoms. The van der Waals surface area contributed by atoms with Gasteiger partial charge in [0, 0.05) is 0 Å². The van der Waals surface area contributed by atoms with Gasteiger partial charge in [-0.2, -0.15) is 4.99 Å². The second kappa shape index (κ2) is 6.68. The average Bonchev–Trinajstić information content (AvgIpc) is 2.14. The number of carboxylic acid groups (broad SMARTS) is 2. The van der Waals surface area contributed by atoms with E-state index in [4.69, 9.17) is 10.2 Å². The second-order valence-corrected chi connectivity index (χ2v) is 2.55. The Balaban J connectivity index is 4.22. The van der Waals surface area contributed by atoms with Gasteiger partial charge in [0.1, 0.15) is 6.04 Å². The molecule has 0 bridgehead atoms. The van der Waals surface area contributed by atoms with Crippen molar-refractivity contribution in [3.05, 3.63) is 4.91 Å². The van der Waals surface area contributed by atoms with Crippen molar-refractivity contribution >= 4 is 11.9 Å². The van der Waals surface area contributed by atoms with Crippen molar-refractivity contribution in [2.24, 2.45) is 5.34 Å². The molecule has 2 N–H and O–H groups in total. The lowest BCUT2D eigenvalue weighted by Gasteiger charge is -2.21. The zero-order chi connectivity index (χ0) is 11.8. The third kappa shape index (κ3) is 5.54. The first kappa shape index (κ1) is 13.3. The Bertz CT molecular complexity index is 244. The third-order valence-corrected chi connectivity index (χ3v) is 1.55. The fourth-order valence-corrected chi connectivity index (χ4v) is 0.737. The zero-order valence-electron chi connectivity index (χ0n) is 7.82. The van der Waals surface area contributed by atoms with Gasteiger partial charge in [-0.05, 0) is 6.92 Å². The molecule has 0 saturated heterocycles. The molecule has 0 aliphatic rings. The van der Waals surface area contributed by atoms with Gasteiger partial charge < -0.3 is 10.2 Å². The maximum Gasteiger partial charge on any atom is 0.320 e. The number of hydrogen-bond donors (Lipinski definition) is 2. The van der Waals surface area contributed by atoms with Crippen LogP contribution in [0.1, 0.15) is 6.92 Å². The van der Waals surface area contributed by atoms with Crippen LogP contribution in [0, 0.1) is 4.91 Å². The van der Waals surface area contributed by atoms with Crippen LogP contribution in [0.25, 0.3) is 0 Å². The minimum atomic E-state index is -1.23. The number of nitrogens with zero attached hydrogens (tertiary/aromatic N) is 2. The lowest BCUT2D eigenvalue weighted by molar-refractivity contribution is -0.319. The molecule has 0 spiro atoms. The molecule has 1 atom stereocenters. The Morgan fingerprint density at radius 3 is 2.47 bits per heavy atom. The summed E-state index contributed by atoms with van der Waals surface area (Å²) in [5.74, 6) is -2.45. The predicted octanol–water partition coefficient (Wildman–Crippen LogP) is -0.567. The number of carboxylic acids is 2. The number of aliphatic carboxylic acids is 2. The monoisotopic (exact) mass is 222 g/mol. The molecule has 0 radical (unpaired) electrons. The molecular weight excluding hydrogens is 212 g/mol. The van der Waals surface area contributed by atoms with E-state index in [0.29, 0.717) is 0 Å². The molecule has 0 unspecified atom stereocenters. The Hall–Kier alpha value is -1.74. The molecule has 86 valence electrons. The first-order chi connectivity index (χ1) is 6.99. The molecule has 0 aliphatic heterocycles. The highest BCUT2D eigenvalue weighted by molar-refractivity contribution is 5.75. The minimum Gasteiger partial charge on any atom is -0.480 e. The predicted molar refractivity (Wildman–Crippen MR) is 44.3 cm³/mol. The molecule has 0 aliphatic carbocycles. The third-order valence-electron chi connectivity index (χ3n) is 1.55. The van der Waals surface area contributed by atoms with E-state index in [0.717, 1.165) is 4.90 Å². The summed E-state index contributed by atoms with van der Waals surface area (Å²) in [5, 5.41) is 19.0. The van der Waals surface area contributed by atoms with Crippen molar-refractivity contribution in [2.75, 3.05) is 13.3 Å². The average molecular weight is 222 g/mol. The summed E-state index contributed by atoms with van der Waals surface area (Å²) in [7, 11) is 0. The van der Waals surface area contributed by atoms with Crippen LogP contribution in [0.5, 0.6) is 0 Å². The highest BCUT2D eigenvalue weighted by Crippen LogP contribution is 2.00. The number of carbonyl (C=O) groups is 2. The van der Waals surface area contributed by atoms with Crippen molar-refractivity contribution in [2.45, 2.75) is 13.0 Å².